The van der Waals surface area contributed by atoms with Crippen molar-refractivity contribution in [3.63, 3.8) is 0 Å². The molecule has 0 aliphatic heterocycles. The van der Waals surface area contributed by atoms with Crippen molar-refractivity contribution in [2.45, 2.75) is 25.8 Å². The summed E-state index contributed by atoms with van der Waals surface area (Å²) in [6, 6.07) is 13.2. The molecule has 1 aromatic heterocycles. The van der Waals surface area contributed by atoms with E-state index in [1.807, 2.05) is 36.4 Å². The number of fused-ring (bicyclic) bond motifs is 3. The summed E-state index contributed by atoms with van der Waals surface area (Å²) >= 11 is 6.35. The number of hydrogen-bond donors (Lipinski definition) is 0. The Morgan fingerprint density at radius 2 is 1.96 bits per heavy atom. The molecule has 3 aromatic rings. The van der Waals surface area contributed by atoms with Crippen molar-refractivity contribution in [1.82, 2.24) is 4.57 Å². The molecule has 26 heavy (non-hydrogen) atoms. The van der Waals surface area contributed by atoms with Crippen LogP contribution in [0.3, 0.4) is 0 Å². The number of hydrogen-bond acceptors (Lipinski definition) is 3. The maximum atomic E-state index is 12.7. The third kappa shape index (κ3) is 2.61. The first-order valence-electron chi connectivity index (χ1n) is 8.61. The molecule has 4 rings (SSSR count). The number of halogens is 1. The minimum atomic E-state index is -0.424. The summed E-state index contributed by atoms with van der Waals surface area (Å²) in [6.45, 7) is 0.559. The van der Waals surface area contributed by atoms with Gasteiger partial charge in [-0.3, -0.25) is 4.79 Å². The fraction of sp³-hybridized carbons (Fsp3) is 0.238. The molecule has 0 unspecified atom stereocenters. The molecule has 1 aliphatic carbocycles. The summed E-state index contributed by atoms with van der Waals surface area (Å²) in [5, 5.41) is 1.39. The van der Waals surface area contributed by atoms with Gasteiger partial charge in [-0.2, -0.15) is 0 Å². The Morgan fingerprint density at radius 1 is 1.15 bits per heavy atom. The zero-order chi connectivity index (χ0) is 18.3. The summed E-state index contributed by atoms with van der Waals surface area (Å²) in [6.07, 6.45) is 2.13. The van der Waals surface area contributed by atoms with Crippen LogP contribution in [0.25, 0.3) is 10.9 Å². The Morgan fingerprint density at radius 3 is 2.73 bits per heavy atom. The molecule has 132 valence electrons. The van der Waals surface area contributed by atoms with Crippen LogP contribution in [0.1, 0.15) is 44.8 Å². The molecule has 2 aromatic carbocycles. The second-order valence-electron chi connectivity index (χ2n) is 6.47. The van der Waals surface area contributed by atoms with E-state index in [0.717, 1.165) is 29.6 Å². The Balaban J connectivity index is 2.00. The Kier molecular flexibility index (Phi) is 4.29. The summed E-state index contributed by atoms with van der Waals surface area (Å²) in [5.41, 5.74) is 3.93. The SMILES string of the molecule is COC(=O)c1cccc2c1c1c(n2Cc2ccccc2Cl)CCCC1=O. The molecule has 4 nitrogen and oxygen atoms in total. The number of carbonyl (C=O) groups is 2. The van der Waals surface area contributed by atoms with Crippen LogP contribution in [0, 0.1) is 0 Å². The number of ether oxygens (including phenoxy) is 1. The summed E-state index contributed by atoms with van der Waals surface area (Å²) < 4.78 is 7.06. The monoisotopic (exact) mass is 367 g/mol. The van der Waals surface area contributed by atoms with Crippen LogP contribution >= 0.6 is 11.6 Å². The lowest BCUT2D eigenvalue weighted by molar-refractivity contribution is 0.0603. The lowest BCUT2D eigenvalue weighted by Gasteiger charge is -2.16. The normalized spacial score (nSPS) is 13.7. The molecule has 0 saturated heterocycles. The average molecular weight is 368 g/mol. The van der Waals surface area contributed by atoms with Crippen LogP contribution in [0.5, 0.6) is 0 Å². The number of methoxy groups -OCH3 is 1. The predicted octanol–water partition coefficient (Wildman–Crippen LogP) is 4.65. The second kappa shape index (κ2) is 6.61. The van der Waals surface area contributed by atoms with E-state index >= 15 is 0 Å². The van der Waals surface area contributed by atoms with Crippen LogP contribution < -0.4 is 0 Å². The van der Waals surface area contributed by atoms with Crippen molar-refractivity contribution >= 4 is 34.3 Å². The molecule has 0 spiro atoms. The van der Waals surface area contributed by atoms with Crippen LogP contribution in [-0.4, -0.2) is 23.4 Å². The fourth-order valence-corrected chi connectivity index (χ4v) is 4.01. The number of rotatable bonds is 3. The minimum absolute atomic E-state index is 0.0884. The second-order valence-corrected chi connectivity index (χ2v) is 6.87. The Hall–Kier alpha value is -2.59. The van der Waals surface area contributed by atoms with Gasteiger partial charge in [0, 0.05) is 34.6 Å². The van der Waals surface area contributed by atoms with Gasteiger partial charge in [0.15, 0.2) is 5.78 Å². The van der Waals surface area contributed by atoms with Gasteiger partial charge in [0.25, 0.3) is 0 Å². The first-order chi connectivity index (χ1) is 12.6. The number of esters is 1. The quantitative estimate of drug-likeness (QED) is 0.633. The molecule has 0 amide bonds. The number of Topliss-reactive ketones (excluding diaryl/α,β-unsaturated/α-hetero) is 1. The molecular formula is C21H18ClNO3. The standard InChI is InChI=1S/C21H18ClNO3/c1-26-21(25)14-7-4-9-16-19(14)20-17(10-5-11-18(20)24)23(16)12-13-6-2-3-8-15(13)22/h2-4,6-9H,5,10-12H2,1H3. The van der Waals surface area contributed by atoms with E-state index in [1.54, 1.807) is 6.07 Å². The van der Waals surface area contributed by atoms with E-state index < -0.39 is 5.97 Å². The third-order valence-electron chi connectivity index (χ3n) is 4.99. The average Bonchev–Trinajstić information content (AvgIpc) is 2.98. The number of benzene rings is 2. The first kappa shape index (κ1) is 16.9. The van der Waals surface area contributed by atoms with Crippen molar-refractivity contribution in [1.29, 1.82) is 0 Å². The van der Waals surface area contributed by atoms with Crippen LogP contribution in [0.4, 0.5) is 0 Å². The van der Waals surface area contributed by atoms with Gasteiger partial charge in [0.1, 0.15) is 0 Å². The van der Waals surface area contributed by atoms with Gasteiger partial charge in [-0.25, -0.2) is 4.79 Å². The van der Waals surface area contributed by atoms with Crippen LogP contribution in [0.2, 0.25) is 5.02 Å². The topological polar surface area (TPSA) is 48.3 Å². The van der Waals surface area contributed by atoms with Gasteiger partial charge in [-0.15, -0.1) is 0 Å². The first-order valence-corrected chi connectivity index (χ1v) is 8.98. The van der Waals surface area contributed by atoms with Gasteiger partial charge >= 0.3 is 5.97 Å². The van der Waals surface area contributed by atoms with Gasteiger partial charge in [0.05, 0.1) is 18.2 Å². The molecule has 0 radical (unpaired) electrons. The van der Waals surface area contributed by atoms with Crippen molar-refractivity contribution in [2.75, 3.05) is 7.11 Å². The van der Waals surface area contributed by atoms with Crippen molar-refractivity contribution in [3.05, 3.63) is 69.9 Å². The molecule has 1 heterocycles. The highest BCUT2D eigenvalue weighted by atomic mass is 35.5. The van der Waals surface area contributed by atoms with E-state index in [0.29, 0.717) is 34.5 Å². The number of ketones is 1. The Labute approximate surface area is 156 Å². The summed E-state index contributed by atoms with van der Waals surface area (Å²) in [4.78, 5) is 25.0. The molecule has 0 bridgehead atoms. The van der Waals surface area contributed by atoms with Crippen LogP contribution in [-0.2, 0) is 17.7 Å². The van der Waals surface area contributed by atoms with Crippen molar-refractivity contribution in [3.8, 4) is 0 Å². The molecule has 0 fully saturated rings. The summed E-state index contributed by atoms with van der Waals surface area (Å²) in [7, 11) is 1.36. The van der Waals surface area contributed by atoms with E-state index in [9.17, 15) is 9.59 Å². The third-order valence-corrected chi connectivity index (χ3v) is 5.35. The lowest BCUT2D eigenvalue weighted by atomic mass is 9.92. The largest absolute Gasteiger partial charge is 0.465 e. The maximum Gasteiger partial charge on any atom is 0.338 e. The lowest BCUT2D eigenvalue weighted by Crippen LogP contribution is -2.14. The van der Waals surface area contributed by atoms with Gasteiger partial charge in [0.2, 0.25) is 0 Å². The summed E-state index contributed by atoms with van der Waals surface area (Å²) in [5.74, 6) is -0.336. The van der Waals surface area contributed by atoms with Crippen molar-refractivity contribution < 1.29 is 14.3 Å². The van der Waals surface area contributed by atoms with Crippen molar-refractivity contribution in [2.24, 2.45) is 0 Å². The number of carbonyl (C=O) groups excluding carboxylic acids is 2. The molecule has 0 saturated carbocycles. The Bertz CT molecular complexity index is 1040. The molecule has 1 aliphatic rings. The maximum absolute atomic E-state index is 12.7. The zero-order valence-corrected chi connectivity index (χ0v) is 15.2. The molecular weight excluding hydrogens is 350 g/mol. The van der Waals surface area contributed by atoms with Gasteiger partial charge < -0.3 is 9.30 Å². The minimum Gasteiger partial charge on any atom is -0.465 e. The molecule has 0 atom stereocenters. The number of nitrogens with zero attached hydrogens (tertiary/aromatic N) is 1. The highest BCUT2D eigenvalue weighted by Gasteiger charge is 2.29. The molecule has 5 heteroatoms. The highest BCUT2D eigenvalue weighted by Crippen LogP contribution is 2.35. The highest BCUT2D eigenvalue weighted by molar-refractivity contribution is 6.31. The van der Waals surface area contributed by atoms with E-state index in [4.69, 9.17) is 16.3 Å². The predicted molar refractivity (Wildman–Crippen MR) is 101 cm³/mol. The van der Waals surface area contributed by atoms with Gasteiger partial charge in [-0.1, -0.05) is 35.9 Å². The smallest absolute Gasteiger partial charge is 0.338 e. The number of aromatic nitrogens is 1. The molecule has 0 N–H and O–H groups in total. The van der Waals surface area contributed by atoms with Crippen LogP contribution in [0.15, 0.2) is 42.5 Å². The van der Waals surface area contributed by atoms with Gasteiger partial charge in [-0.05, 0) is 36.6 Å². The van der Waals surface area contributed by atoms with E-state index in [1.165, 1.54) is 7.11 Å². The van der Waals surface area contributed by atoms with E-state index in [-0.39, 0.29) is 5.78 Å². The fourth-order valence-electron chi connectivity index (χ4n) is 3.81. The zero-order valence-electron chi connectivity index (χ0n) is 14.4. The van der Waals surface area contributed by atoms with E-state index in [2.05, 4.69) is 4.57 Å².